The van der Waals surface area contributed by atoms with E-state index < -0.39 is 29.2 Å². The minimum atomic E-state index is -3.55. The van der Waals surface area contributed by atoms with Gasteiger partial charge >= 0.3 is 0 Å². The number of alkyl halides is 2. The van der Waals surface area contributed by atoms with Crippen molar-refractivity contribution in [3.8, 4) is 0 Å². The van der Waals surface area contributed by atoms with Crippen molar-refractivity contribution in [1.29, 1.82) is 0 Å². The minimum Gasteiger partial charge on any atom is -0.390 e. The van der Waals surface area contributed by atoms with Crippen LogP contribution in [0.25, 0.3) is 0 Å². The summed E-state index contributed by atoms with van der Waals surface area (Å²) in [5.74, 6) is -3.55. The summed E-state index contributed by atoms with van der Waals surface area (Å²) in [5.41, 5.74) is 4.55. The molecule has 94 valence electrons. The standard InChI is InChI=1S/C9H9ClF2N2O3/c10-6-2-1-5(3-7(6)14(16)17)8(13)9(11,12)4-15/h1-3,8,15H,4,13H2/t8-/m0/s1. The van der Waals surface area contributed by atoms with E-state index in [1.54, 1.807) is 0 Å². The molecule has 1 aromatic carbocycles. The van der Waals surface area contributed by atoms with Gasteiger partial charge in [0.15, 0.2) is 0 Å². The van der Waals surface area contributed by atoms with Crippen molar-refractivity contribution in [3.63, 3.8) is 0 Å². The van der Waals surface area contributed by atoms with Gasteiger partial charge in [0.25, 0.3) is 11.6 Å². The number of nitro benzene ring substituents is 1. The van der Waals surface area contributed by atoms with Crippen LogP contribution in [0.2, 0.25) is 5.02 Å². The molecule has 0 radical (unpaired) electrons. The molecule has 0 aliphatic heterocycles. The first-order valence-electron chi connectivity index (χ1n) is 4.47. The predicted octanol–water partition coefficient (Wildman–Crippen LogP) is 1.88. The lowest BCUT2D eigenvalue weighted by Crippen LogP contribution is -2.36. The summed E-state index contributed by atoms with van der Waals surface area (Å²) in [5, 5.41) is 18.9. The fourth-order valence-electron chi connectivity index (χ4n) is 1.21. The largest absolute Gasteiger partial charge is 0.390 e. The molecule has 0 amide bonds. The fraction of sp³-hybridized carbons (Fsp3) is 0.333. The lowest BCUT2D eigenvalue weighted by atomic mass is 10.0. The van der Waals surface area contributed by atoms with Gasteiger partial charge in [-0.3, -0.25) is 10.1 Å². The third-order valence-corrected chi connectivity index (χ3v) is 2.51. The summed E-state index contributed by atoms with van der Waals surface area (Å²) in [6, 6.07) is 1.31. The van der Waals surface area contributed by atoms with Crippen LogP contribution in [-0.2, 0) is 0 Å². The van der Waals surface area contributed by atoms with E-state index in [0.29, 0.717) is 0 Å². The Morgan fingerprint density at radius 2 is 2.18 bits per heavy atom. The van der Waals surface area contributed by atoms with Crippen molar-refractivity contribution < 1.29 is 18.8 Å². The maximum Gasteiger partial charge on any atom is 0.289 e. The molecule has 0 saturated heterocycles. The van der Waals surface area contributed by atoms with Gasteiger partial charge in [0.2, 0.25) is 0 Å². The number of aliphatic hydroxyl groups excluding tert-OH is 1. The predicted molar refractivity (Wildman–Crippen MR) is 57.1 cm³/mol. The highest BCUT2D eigenvalue weighted by Gasteiger charge is 2.38. The molecule has 0 spiro atoms. The summed E-state index contributed by atoms with van der Waals surface area (Å²) < 4.78 is 26.2. The third kappa shape index (κ3) is 2.87. The summed E-state index contributed by atoms with van der Waals surface area (Å²) in [7, 11) is 0. The maximum absolute atomic E-state index is 13.1. The van der Waals surface area contributed by atoms with E-state index >= 15 is 0 Å². The van der Waals surface area contributed by atoms with Crippen molar-refractivity contribution in [2.24, 2.45) is 5.73 Å². The molecule has 1 atom stereocenters. The number of hydrogen-bond donors (Lipinski definition) is 2. The summed E-state index contributed by atoms with van der Waals surface area (Å²) in [6.07, 6.45) is 0. The van der Waals surface area contributed by atoms with E-state index in [4.69, 9.17) is 22.4 Å². The molecule has 3 N–H and O–H groups in total. The number of aliphatic hydroxyl groups is 1. The van der Waals surface area contributed by atoms with Crippen LogP contribution in [0.4, 0.5) is 14.5 Å². The normalized spacial score (nSPS) is 13.5. The number of nitrogens with zero attached hydrogens (tertiary/aromatic N) is 1. The third-order valence-electron chi connectivity index (χ3n) is 2.19. The van der Waals surface area contributed by atoms with E-state index in [2.05, 4.69) is 0 Å². The first kappa shape index (κ1) is 13.8. The molecule has 0 bridgehead atoms. The van der Waals surface area contributed by atoms with Gasteiger partial charge in [-0.25, -0.2) is 8.78 Å². The molecule has 1 aromatic rings. The van der Waals surface area contributed by atoms with Crippen molar-refractivity contribution in [2.45, 2.75) is 12.0 Å². The number of rotatable bonds is 4. The fourth-order valence-corrected chi connectivity index (χ4v) is 1.39. The van der Waals surface area contributed by atoms with Crippen molar-refractivity contribution in [3.05, 3.63) is 38.9 Å². The van der Waals surface area contributed by atoms with Gasteiger partial charge in [0, 0.05) is 6.07 Å². The molecule has 0 heterocycles. The minimum absolute atomic E-state index is 0.167. The van der Waals surface area contributed by atoms with Gasteiger partial charge in [0.05, 0.1) is 11.0 Å². The molecule has 0 saturated carbocycles. The molecule has 0 fully saturated rings. The molecular formula is C9H9ClF2N2O3. The second-order valence-electron chi connectivity index (χ2n) is 3.36. The van der Waals surface area contributed by atoms with Crippen LogP contribution in [0, 0.1) is 10.1 Å². The number of nitro groups is 1. The number of nitrogens with two attached hydrogens (primary N) is 1. The maximum atomic E-state index is 13.1. The van der Waals surface area contributed by atoms with Gasteiger partial charge in [-0.1, -0.05) is 17.7 Å². The smallest absolute Gasteiger partial charge is 0.289 e. The van der Waals surface area contributed by atoms with Crippen LogP contribution in [0.15, 0.2) is 18.2 Å². The molecule has 0 aliphatic rings. The Labute approximate surface area is 99.9 Å². The molecule has 0 aromatic heterocycles. The zero-order valence-corrected chi connectivity index (χ0v) is 9.19. The number of benzene rings is 1. The van der Waals surface area contributed by atoms with Crippen LogP contribution in [0.5, 0.6) is 0 Å². The average molecular weight is 267 g/mol. The first-order valence-corrected chi connectivity index (χ1v) is 4.85. The topological polar surface area (TPSA) is 89.4 Å². The molecule has 8 heteroatoms. The van der Waals surface area contributed by atoms with Crippen molar-refractivity contribution >= 4 is 17.3 Å². The second kappa shape index (κ2) is 4.91. The Balaban J connectivity index is 3.16. The molecular weight excluding hydrogens is 258 g/mol. The highest BCUT2D eigenvalue weighted by Crippen LogP contribution is 2.33. The quantitative estimate of drug-likeness (QED) is 0.643. The molecule has 0 aliphatic carbocycles. The van der Waals surface area contributed by atoms with E-state index in [1.165, 1.54) is 0 Å². The van der Waals surface area contributed by atoms with Crippen LogP contribution >= 0.6 is 11.6 Å². The average Bonchev–Trinajstić information content (AvgIpc) is 2.28. The Hall–Kier alpha value is -1.31. The second-order valence-corrected chi connectivity index (χ2v) is 3.77. The highest BCUT2D eigenvalue weighted by atomic mass is 35.5. The van der Waals surface area contributed by atoms with Crippen LogP contribution in [0.1, 0.15) is 11.6 Å². The monoisotopic (exact) mass is 266 g/mol. The highest BCUT2D eigenvalue weighted by molar-refractivity contribution is 6.32. The van der Waals surface area contributed by atoms with Gasteiger partial charge in [0.1, 0.15) is 11.6 Å². The number of hydrogen-bond acceptors (Lipinski definition) is 4. The lowest BCUT2D eigenvalue weighted by molar-refractivity contribution is -0.384. The zero-order chi connectivity index (χ0) is 13.2. The van der Waals surface area contributed by atoms with E-state index in [0.717, 1.165) is 18.2 Å². The Morgan fingerprint density at radius 3 is 2.65 bits per heavy atom. The van der Waals surface area contributed by atoms with Gasteiger partial charge in [-0.2, -0.15) is 0 Å². The van der Waals surface area contributed by atoms with Crippen molar-refractivity contribution in [2.75, 3.05) is 6.61 Å². The van der Waals surface area contributed by atoms with E-state index in [1.807, 2.05) is 0 Å². The van der Waals surface area contributed by atoms with Gasteiger partial charge < -0.3 is 10.8 Å². The van der Waals surface area contributed by atoms with Crippen LogP contribution in [0.3, 0.4) is 0 Å². The Kier molecular flexibility index (Phi) is 3.97. The SMILES string of the molecule is N[C@@H](c1ccc(Cl)c([N+](=O)[O-])c1)C(F)(F)CO. The summed E-state index contributed by atoms with van der Waals surface area (Å²) >= 11 is 5.52. The lowest BCUT2D eigenvalue weighted by Gasteiger charge is -2.21. The van der Waals surface area contributed by atoms with E-state index in [-0.39, 0.29) is 10.6 Å². The summed E-state index contributed by atoms with van der Waals surface area (Å²) in [4.78, 5) is 9.76. The molecule has 0 unspecified atom stereocenters. The molecule has 5 nitrogen and oxygen atoms in total. The Bertz CT molecular complexity index is 442. The first-order chi connectivity index (χ1) is 7.79. The Morgan fingerprint density at radius 1 is 1.59 bits per heavy atom. The van der Waals surface area contributed by atoms with Gasteiger partial charge in [-0.05, 0) is 11.6 Å². The van der Waals surface area contributed by atoms with Crippen molar-refractivity contribution in [1.82, 2.24) is 0 Å². The van der Waals surface area contributed by atoms with Crippen LogP contribution in [-0.4, -0.2) is 22.6 Å². The number of halogens is 3. The van der Waals surface area contributed by atoms with E-state index in [9.17, 15) is 18.9 Å². The molecule has 17 heavy (non-hydrogen) atoms. The molecule has 1 rings (SSSR count). The summed E-state index contributed by atoms with van der Waals surface area (Å²) in [6.45, 7) is -1.44. The van der Waals surface area contributed by atoms with Crippen LogP contribution < -0.4 is 5.73 Å². The zero-order valence-electron chi connectivity index (χ0n) is 8.44. The van der Waals surface area contributed by atoms with Gasteiger partial charge in [-0.15, -0.1) is 0 Å².